The Bertz CT molecular complexity index is 750. The highest BCUT2D eigenvalue weighted by atomic mass is 32.1. The first kappa shape index (κ1) is 19.0. The molecular weight excluding hydrogens is 338 g/mol. The van der Waals surface area contributed by atoms with Gasteiger partial charge in [-0.25, -0.2) is 9.59 Å². The van der Waals surface area contributed by atoms with Crippen LogP contribution in [0.4, 0.5) is 5.00 Å². The lowest BCUT2D eigenvalue weighted by molar-refractivity contribution is 0.0527. The first-order valence-electron chi connectivity index (χ1n) is 8.24. The van der Waals surface area contributed by atoms with Gasteiger partial charge in [-0.1, -0.05) is 29.8 Å². The molecule has 6 heteroatoms. The van der Waals surface area contributed by atoms with Crippen LogP contribution in [0.2, 0.25) is 0 Å². The molecule has 0 unspecified atom stereocenters. The van der Waals surface area contributed by atoms with Crippen LogP contribution >= 0.6 is 11.3 Å². The van der Waals surface area contributed by atoms with Crippen molar-refractivity contribution in [2.45, 2.75) is 34.2 Å². The zero-order valence-corrected chi connectivity index (χ0v) is 15.8. The van der Waals surface area contributed by atoms with Gasteiger partial charge in [-0.3, -0.25) is 0 Å². The van der Waals surface area contributed by atoms with Crippen LogP contribution in [-0.4, -0.2) is 25.2 Å². The highest BCUT2D eigenvalue weighted by molar-refractivity contribution is 7.18. The van der Waals surface area contributed by atoms with E-state index in [0.717, 1.165) is 5.56 Å². The van der Waals surface area contributed by atoms with E-state index in [0.29, 0.717) is 27.5 Å². The number of benzene rings is 1. The molecule has 5 nitrogen and oxygen atoms in total. The van der Waals surface area contributed by atoms with Crippen LogP contribution in [0.15, 0.2) is 24.3 Å². The van der Waals surface area contributed by atoms with Gasteiger partial charge in [0.15, 0.2) is 0 Å². The largest absolute Gasteiger partial charge is 0.462 e. The second-order valence-corrected chi connectivity index (χ2v) is 6.56. The van der Waals surface area contributed by atoms with Gasteiger partial charge in [-0.2, -0.15) is 0 Å². The van der Waals surface area contributed by atoms with E-state index in [-0.39, 0.29) is 13.2 Å². The monoisotopic (exact) mass is 361 g/mol. The second kappa shape index (κ2) is 8.67. The minimum absolute atomic E-state index is 0.278. The fourth-order valence-corrected chi connectivity index (χ4v) is 3.45. The normalized spacial score (nSPS) is 10.4. The van der Waals surface area contributed by atoms with Crippen molar-refractivity contribution < 1.29 is 19.1 Å². The van der Waals surface area contributed by atoms with Gasteiger partial charge in [0, 0.05) is 6.54 Å². The molecule has 0 aliphatic rings. The van der Waals surface area contributed by atoms with E-state index in [1.165, 1.54) is 16.9 Å². The topological polar surface area (TPSA) is 64.6 Å². The van der Waals surface area contributed by atoms with E-state index in [1.54, 1.807) is 20.8 Å². The molecule has 0 amide bonds. The lowest BCUT2D eigenvalue weighted by atomic mass is 10.1. The number of thiophene rings is 1. The van der Waals surface area contributed by atoms with Crippen molar-refractivity contribution in [3.63, 3.8) is 0 Å². The number of aryl methyl sites for hydroxylation is 1. The molecule has 0 bridgehead atoms. The van der Waals surface area contributed by atoms with Crippen molar-refractivity contribution in [1.82, 2.24) is 0 Å². The van der Waals surface area contributed by atoms with Crippen LogP contribution in [0, 0.1) is 13.8 Å². The van der Waals surface area contributed by atoms with Gasteiger partial charge in [0.2, 0.25) is 0 Å². The molecular formula is C19H23NO4S. The number of nitrogens with one attached hydrogen (secondary N) is 1. The van der Waals surface area contributed by atoms with Gasteiger partial charge in [0.1, 0.15) is 9.88 Å². The standard InChI is InChI=1S/C19H23NO4S/c1-5-23-18(21)15-13(4)16(19(22)24-6-2)25-17(15)20-11-14-9-7-12(3)8-10-14/h7-10,20H,5-6,11H2,1-4H3. The minimum atomic E-state index is -0.432. The molecule has 0 saturated carbocycles. The van der Waals surface area contributed by atoms with Crippen LogP contribution in [0.5, 0.6) is 0 Å². The molecule has 0 radical (unpaired) electrons. The summed E-state index contributed by atoms with van der Waals surface area (Å²) in [6, 6.07) is 8.12. The van der Waals surface area contributed by atoms with Gasteiger partial charge in [0.25, 0.3) is 0 Å². The summed E-state index contributed by atoms with van der Waals surface area (Å²) >= 11 is 1.22. The van der Waals surface area contributed by atoms with E-state index >= 15 is 0 Å². The molecule has 0 aliphatic carbocycles. The van der Waals surface area contributed by atoms with Gasteiger partial charge >= 0.3 is 11.9 Å². The van der Waals surface area contributed by atoms with Gasteiger partial charge in [-0.15, -0.1) is 11.3 Å². The van der Waals surface area contributed by atoms with Crippen molar-refractivity contribution in [2.75, 3.05) is 18.5 Å². The van der Waals surface area contributed by atoms with Crippen molar-refractivity contribution in [3.05, 3.63) is 51.4 Å². The molecule has 0 saturated heterocycles. The number of anilines is 1. The number of carbonyl (C=O) groups is 2. The summed E-state index contributed by atoms with van der Waals surface area (Å²) in [4.78, 5) is 24.9. The summed E-state index contributed by atoms with van der Waals surface area (Å²) in [5, 5.41) is 3.88. The highest BCUT2D eigenvalue weighted by Gasteiger charge is 2.26. The second-order valence-electron chi connectivity index (χ2n) is 5.54. The Morgan fingerprint density at radius 2 is 1.60 bits per heavy atom. The summed E-state index contributed by atoms with van der Waals surface area (Å²) < 4.78 is 10.2. The van der Waals surface area contributed by atoms with Crippen LogP contribution in [-0.2, 0) is 16.0 Å². The Balaban J connectivity index is 2.30. The molecule has 2 rings (SSSR count). The quantitative estimate of drug-likeness (QED) is 0.744. The van der Waals surface area contributed by atoms with E-state index < -0.39 is 11.9 Å². The third kappa shape index (κ3) is 4.60. The van der Waals surface area contributed by atoms with Crippen LogP contribution in [0.25, 0.3) is 0 Å². The Morgan fingerprint density at radius 3 is 2.20 bits per heavy atom. The molecule has 1 aromatic carbocycles. The summed E-state index contributed by atoms with van der Waals surface area (Å²) in [7, 11) is 0. The molecule has 1 heterocycles. The van der Waals surface area contributed by atoms with E-state index in [9.17, 15) is 9.59 Å². The average Bonchev–Trinajstić information content (AvgIpc) is 2.91. The molecule has 0 fully saturated rings. The number of hydrogen-bond acceptors (Lipinski definition) is 6. The SMILES string of the molecule is CCOC(=O)c1sc(NCc2ccc(C)cc2)c(C(=O)OCC)c1C. The molecule has 2 aromatic rings. The van der Waals surface area contributed by atoms with E-state index in [1.807, 2.05) is 31.2 Å². The number of hydrogen-bond donors (Lipinski definition) is 1. The van der Waals surface area contributed by atoms with Gasteiger partial charge < -0.3 is 14.8 Å². The highest BCUT2D eigenvalue weighted by Crippen LogP contribution is 2.34. The molecule has 0 aliphatic heterocycles. The number of esters is 2. The molecule has 0 atom stereocenters. The summed E-state index contributed by atoms with van der Waals surface area (Å²) in [6.45, 7) is 8.40. The Kier molecular flexibility index (Phi) is 6.58. The van der Waals surface area contributed by atoms with Crippen molar-refractivity contribution >= 4 is 28.3 Å². The van der Waals surface area contributed by atoms with E-state index in [2.05, 4.69) is 5.32 Å². The van der Waals surface area contributed by atoms with Crippen molar-refractivity contribution in [3.8, 4) is 0 Å². The van der Waals surface area contributed by atoms with E-state index in [4.69, 9.17) is 9.47 Å². The maximum atomic E-state index is 12.3. The number of rotatable bonds is 7. The lowest BCUT2D eigenvalue weighted by Gasteiger charge is -2.08. The van der Waals surface area contributed by atoms with Gasteiger partial charge in [0.05, 0.1) is 18.8 Å². The lowest BCUT2D eigenvalue weighted by Crippen LogP contribution is -2.10. The first-order chi connectivity index (χ1) is 12.0. The predicted octanol–water partition coefficient (Wildman–Crippen LogP) is 4.33. The zero-order valence-electron chi connectivity index (χ0n) is 15.0. The van der Waals surface area contributed by atoms with Crippen LogP contribution in [0.1, 0.15) is 50.6 Å². The van der Waals surface area contributed by atoms with Crippen molar-refractivity contribution in [1.29, 1.82) is 0 Å². The predicted molar refractivity (Wildman–Crippen MR) is 99.5 cm³/mol. The third-order valence-electron chi connectivity index (χ3n) is 3.66. The molecule has 0 spiro atoms. The first-order valence-corrected chi connectivity index (χ1v) is 9.06. The molecule has 1 N–H and O–H groups in total. The summed E-state index contributed by atoms with van der Waals surface area (Å²) in [6.07, 6.45) is 0. The Morgan fingerprint density at radius 1 is 1.00 bits per heavy atom. The summed E-state index contributed by atoms with van der Waals surface area (Å²) in [5.74, 6) is -0.850. The minimum Gasteiger partial charge on any atom is -0.462 e. The smallest absolute Gasteiger partial charge is 0.348 e. The number of ether oxygens (including phenoxy) is 2. The number of carbonyl (C=O) groups excluding carboxylic acids is 2. The Hall–Kier alpha value is -2.34. The Labute approximate surface area is 152 Å². The fourth-order valence-electron chi connectivity index (χ4n) is 2.37. The maximum Gasteiger partial charge on any atom is 0.348 e. The average molecular weight is 361 g/mol. The van der Waals surface area contributed by atoms with Gasteiger partial charge in [-0.05, 0) is 38.8 Å². The zero-order chi connectivity index (χ0) is 18.4. The molecule has 1 aromatic heterocycles. The van der Waals surface area contributed by atoms with Crippen molar-refractivity contribution in [2.24, 2.45) is 0 Å². The summed E-state index contributed by atoms with van der Waals surface area (Å²) in [5.41, 5.74) is 3.27. The molecule has 134 valence electrons. The third-order valence-corrected chi connectivity index (χ3v) is 4.89. The molecule has 25 heavy (non-hydrogen) atoms. The maximum absolute atomic E-state index is 12.3. The van der Waals surface area contributed by atoms with Crippen LogP contribution < -0.4 is 5.32 Å². The van der Waals surface area contributed by atoms with Crippen LogP contribution in [0.3, 0.4) is 0 Å². The fraction of sp³-hybridized carbons (Fsp3) is 0.368.